The van der Waals surface area contributed by atoms with Crippen molar-refractivity contribution in [3.05, 3.63) is 48.2 Å². The van der Waals surface area contributed by atoms with Crippen molar-refractivity contribution in [2.75, 3.05) is 0 Å². The Morgan fingerprint density at radius 3 is 2.08 bits per heavy atom. The summed E-state index contributed by atoms with van der Waals surface area (Å²) in [6.45, 7) is 15.0. The zero-order valence-electron chi connectivity index (χ0n) is 16.4. The van der Waals surface area contributed by atoms with Crippen LogP contribution in [0.3, 0.4) is 0 Å². The van der Waals surface area contributed by atoms with E-state index in [4.69, 9.17) is 9.31 Å². The largest absolute Gasteiger partial charge is 0.494 e. The van der Waals surface area contributed by atoms with Gasteiger partial charge in [0.1, 0.15) is 0 Å². The number of nitrogens with zero attached hydrogens (tertiary/aromatic N) is 1. The third-order valence-corrected chi connectivity index (χ3v) is 5.31. The SMILES string of the molecule is CC(C)(C)c1cc(B2OC(C)(C)C(C)(C)O2)cc(-c2ccccn2)c1. The summed E-state index contributed by atoms with van der Waals surface area (Å²) in [6, 6.07) is 12.5. The molecule has 0 radical (unpaired) electrons. The normalized spacial score (nSPS) is 19.2. The van der Waals surface area contributed by atoms with Crippen LogP contribution in [0.25, 0.3) is 11.3 Å². The van der Waals surface area contributed by atoms with Gasteiger partial charge in [-0.05, 0) is 62.3 Å². The second-order valence-electron chi connectivity index (χ2n) is 8.90. The smallest absolute Gasteiger partial charge is 0.399 e. The van der Waals surface area contributed by atoms with Crippen molar-refractivity contribution < 1.29 is 9.31 Å². The van der Waals surface area contributed by atoms with Crippen LogP contribution in [0.15, 0.2) is 42.6 Å². The molecule has 1 aromatic heterocycles. The first-order chi connectivity index (χ1) is 11.5. The van der Waals surface area contributed by atoms with Crippen molar-refractivity contribution in [3.63, 3.8) is 0 Å². The van der Waals surface area contributed by atoms with E-state index in [0.29, 0.717) is 0 Å². The lowest BCUT2D eigenvalue weighted by Gasteiger charge is -2.32. The lowest BCUT2D eigenvalue weighted by Crippen LogP contribution is -2.41. The Balaban J connectivity index is 2.08. The summed E-state index contributed by atoms with van der Waals surface area (Å²) in [6.07, 6.45) is 1.83. The quantitative estimate of drug-likeness (QED) is 0.764. The zero-order chi connectivity index (χ0) is 18.5. The number of benzene rings is 1. The van der Waals surface area contributed by atoms with Crippen LogP contribution in [0, 0.1) is 0 Å². The van der Waals surface area contributed by atoms with Crippen LogP contribution in [-0.2, 0) is 14.7 Å². The van der Waals surface area contributed by atoms with Gasteiger partial charge in [-0.2, -0.15) is 0 Å². The van der Waals surface area contributed by atoms with Crippen molar-refractivity contribution >= 4 is 12.6 Å². The fourth-order valence-electron chi connectivity index (χ4n) is 2.88. The van der Waals surface area contributed by atoms with Crippen LogP contribution < -0.4 is 5.46 Å². The summed E-state index contributed by atoms with van der Waals surface area (Å²) in [7, 11) is -0.366. The van der Waals surface area contributed by atoms with Gasteiger partial charge in [0.15, 0.2) is 0 Å². The molecule has 1 aromatic carbocycles. The van der Waals surface area contributed by atoms with Gasteiger partial charge in [0.2, 0.25) is 0 Å². The minimum Gasteiger partial charge on any atom is -0.399 e. The first kappa shape index (κ1) is 18.2. The third-order valence-electron chi connectivity index (χ3n) is 5.31. The van der Waals surface area contributed by atoms with Crippen LogP contribution >= 0.6 is 0 Å². The summed E-state index contributed by atoms with van der Waals surface area (Å²) in [5, 5.41) is 0. The van der Waals surface area contributed by atoms with Gasteiger partial charge in [0, 0.05) is 11.8 Å². The van der Waals surface area contributed by atoms with Crippen LogP contribution in [0.5, 0.6) is 0 Å². The zero-order valence-corrected chi connectivity index (χ0v) is 16.4. The highest BCUT2D eigenvalue weighted by Gasteiger charge is 2.51. The number of aromatic nitrogens is 1. The molecular formula is C21H28BNO2. The van der Waals surface area contributed by atoms with Gasteiger partial charge in [-0.1, -0.05) is 39.0 Å². The minimum absolute atomic E-state index is 0.0309. The minimum atomic E-state index is -0.366. The Kier molecular flexibility index (Phi) is 4.33. The maximum absolute atomic E-state index is 6.27. The first-order valence-electron chi connectivity index (χ1n) is 8.92. The maximum atomic E-state index is 6.27. The molecule has 4 heteroatoms. The highest BCUT2D eigenvalue weighted by molar-refractivity contribution is 6.62. The van der Waals surface area contributed by atoms with Crippen molar-refractivity contribution in [3.8, 4) is 11.3 Å². The molecular weight excluding hydrogens is 309 g/mol. The average molecular weight is 337 g/mol. The number of hydrogen-bond donors (Lipinski definition) is 0. The first-order valence-corrected chi connectivity index (χ1v) is 8.92. The Morgan fingerprint density at radius 2 is 1.56 bits per heavy atom. The number of pyridine rings is 1. The fourth-order valence-corrected chi connectivity index (χ4v) is 2.88. The third kappa shape index (κ3) is 3.51. The van der Waals surface area contributed by atoms with Gasteiger partial charge in [0.05, 0.1) is 16.9 Å². The monoisotopic (exact) mass is 337 g/mol. The van der Waals surface area contributed by atoms with Crippen LogP contribution in [0.2, 0.25) is 0 Å². The van der Waals surface area contributed by atoms with Crippen molar-refractivity contribution in [2.24, 2.45) is 0 Å². The Bertz CT molecular complexity index is 747. The highest BCUT2D eigenvalue weighted by Crippen LogP contribution is 2.37. The van der Waals surface area contributed by atoms with Gasteiger partial charge in [0.25, 0.3) is 0 Å². The van der Waals surface area contributed by atoms with E-state index in [0.717, 1.165) is 16.7 Å². The second kappa shape index (κ2) is 5.96. The van der Waals surface area contributed by atoms with Crippen molar-refractivity contribution in [2.45, 2.75) is 65.1 Å². The molecule has 1 fully saturated rings. The molecule has 1 saturated heterocycles. The van der Waals surface area contributed by atoms with Crippen molar-refractivity contribution in [1.82, 2.24) is 4.98 Å². The maximum Gasteiger partial charge on any atom is 0.494 e. The summed E-state index contributed by atoms with van der Waals surface area (Å²) in [5.41, 5.74) is 3.70. The number of hydrogen-bond acceptors (Lipinski definition) is 3. The molecule has 0 bridgehead atoms. The van der Waals surface area contributed by atoms with E-state index in [1.165, 1.54) is 5.56 Å². The molecule has 0 spiro atoms. The van der Waals surface area contributed by atoms with E-state index in [-0.39, 0.29) is 23.7 Å². The molecule has 3 nitrogen and oxygen atoms in total. The highest BCUT2D eigenvalue weighted by atomic mass is 16.7. The van der Waals surface area contributed by atoms with E-state index in [9.17, 15) is 0 Å². The molecule has 1 aliphatic heterocycles. The summed E-state index contributed by atoms with van der Waals surface area (Å²) >= 11 is 0. The molecule has 0 atom stereocenters. The molecule has 0 N–H and O–H groups in total. The standard InChI is InChI=1S/C21H28BNO2/c1-19(2,3)16-12-15(18-10-8-9-11-23-18)13-17(14-16)22-24-20(4,5)21(6,7)25-22/h8-14H,1-7H3. The van der Waals surface area contributed by atoms with Crippen molar-refractivity contribution in [1.29, 1.82) is 0 Å². The van der Waals surface area contributed by atoms with Gasteiger partial charge in [-0.15, -0.1) is 0 Å². The summed E-state index contributed by atoms with van der Waals surface area (Å²) in [5.74, 6) is 0. The molecule has 0 aliphatic carbocycles. The van der Waals surface area contributed by atoms with E-state index in [2.05, 4.69) is 71.6 Å². The second-order valence-corrected chi connectivity index (χ2v) is 8.90. The topological polar surface area (TPSA) is 31.4 Å². The Morgan fingerprint density at radius 1 is 0.920 bits per heavy atom. The Hall–Kier alpha value is -1.65. The van der Waals surface area contributed by atoms with Gasteiger partial charge >= 0.3 is 7.12 Å². The molecule has 0 unspecified atom stereocenters. The molecule has 132 valence electrons. The van der Waals surface area contributed by atoms with Crippen LogP contribution in [-0.4, -0.2) is 23.3 Å². The van der Waals surface area contributed by atoms with Crippen LogP contribution in [0.1, 0.15) is 54.0 Å². The predicted molar refractivity (Wildman–Crippen MR) is 104 cm³/mol. The van der Waals surface area contributed by atoms with Gasteiger partial charge < -0.3 is 9.31 Å². The molecule has 0 amide bonds. The average Bonchev–Trinajstić information content (AvgIpc) is 2.75. The molecule has 0 saturated carbocycles. The lowest BCUT2D eigenvalue weighted by molar-refractivity contribution is 0.00578. The lowest BCUT2D eigenvalue weighted by atomic mass is 9.74. The van der Waals surface area contributed by atoms with E-state index in [1.807, 2.05) is 24.4 Å². The summed E-state index contributed by atoms with van der Waals surface area (Å²) in [4.78, 5) is 4.52. The van der Waals surface area contributed by atoms with Gasteiger partial charge in [-0.3, -0.25) is 4.98 Å². The van der Waals surface area contributed by atoms with E-state index in [1.54, 1.807) is 0 Å². The fraction of sp³-hybridized carbons (Fsp3) is 0.476. The number of rotatable bonds is 2. The molecule has 25 heavy (non-hydrogen) atoms. The molecule has 3 rings (SSSR count). The van der Waals surface area contributed by atoms with E-state index < -0.39 is 0 Å². The molecule has 2 aromatic rings. The van der Waals surface area contributed by atoms with E-state index >= 15 is 0 Å². The van der Waals surface area contributed by atoms with Gasteiger partial charge in [-0.25, -0.2) is 0 Å². The Labute approximate surface area is 151 Å². The molecule has 1 aliphatic rings. The molecule has 2 heterocycles. The van der Waals surface area contributed by atoms with Crippen LogP contribution in [0.4, 0.5) is 0 Å². The summed E-state index contributed by atoms with van der Waals surface area (Å²) < 4.78 is 12.5. The predicted octanol–water partition coefficient (Wildman–Crippen LogP) is 4.35.